The van der Waals surface area contributed by atoms with Crippen LogP contribution >= 0.6 is 11.8 Å². The van der Waals surface area contributed by atoms with E-state index in [-0.39, 0.29) is 17.5 Å². The number of nitrogens with one attached hydrogen (secondary N) is 1. The van der Waals surface area contributed by atoms with Crippen LogP contribution < -0.4 is 10.9 Å². The average Bonchev–Trinajstić information content (AvgIpc) is 2.80. The highest BCUT2D eigenvalue weighted by Gasteiger charge is 2.13. The number of para-hydroxylation sites is 1. The van der Waals surface area contributed by atoms with E-state index in [1.807, 2.05) is 68.4 Å². The van der Waals surface area contributed by atoms with E-state index >= 15 is 0 Å². The van der Waals surface area contributed by atoms with Crippen molar-refractivity contribution in [3.63, 3.8) is 0 Å². The standard InChI is InChI=1S/C26H25N3O2S/c1-18(2)27-24(30)21-14-12-19(13-15-21)16-29-25(31)22-10-6-7-11-23(22)28-26(29)32-17-20-8-4-3-5-9-20/h3-15,18H,16-17H2,1-2H3,(H,27,30). The molecule has 1 aromatic heterocycles. The highest BCUT2D eigenvalue weighted by atomic mass is 32.2. The number of thioether (sulfide) groups is 1. The molecule has 0 saturated carbocycles. The number of hydrogen-bond acceptors (Lipinski definition) is 4. The molecule has 0 fully saturated rings. The SMILES string of the molecule is CC(C)NC(=O)c1ccc(Cn2c(SCc3ccccc3)nc3ccccc3c2=O)cc1. The van der Waals surface area contributed by atoms with Crippen molar-refractivity contribution in [3.05, 3.63) is 106 Å². The quantitative estimate of drug-likeness (QED) is 0.327. The third-order valence-electron chi connectivity index (χ3n) is 5.01. The summed E-state index contributed by atoms with van der Waals surface area (Å²) in [6.07, 6.45) is 0. The lowest BCUT2D eigenvalue weighted by molar-refractivity contribution is 0.0943. The van der Waals surface area contributed by atoms with E-state index in [1.165, 1.54) is 5.56 Å². The fourth-order valence-corrected chi connectivity index (χ4v) is 4.36. The monoisotopic (exact) mass is 443 g/mol. The Morgan fingerprint density at radius 1 is 0.938 bits per heavy atom. The van der Waals surface area contributed by atoms with E-state index < -0.39 is 0 Å². The summed E-state index contributed by atoms with van der Waals surface area (Å²) < 4.78 is 1.72. The van der Waals surface area contributed by atoms with Crippen molar-refractivity contribution in [1.82, 2.24) is 14.9 Å². The molecule has 1 amide bonds. The minimum absolute atomic E-state index is 0.0622. The topological polar surface area (TPSA) is 64.0 Å². The number of fused-ring (bicyclic) bond motifs is 1. The summed E-state index contributed by atoms with van der Waals surface area (Å²) in [5.74, 6) is 0.620. The molecule has 3 aromatic carbocycles. The lowest BCUT2D eigenvalue weighted by Crippen LogP contribution is -2.30. The molecule has 0 spiro atoms. The molecule has 5 nitrogen and oxygen atoms in total. The third kappa shape index (κ3) is 5.08. The summed E-state index contributed by atoms with van der Waals surface area (Å²) >= 11 is 1.55. The Morgan fingerprint density at radius 3 is 2.34 bits per heavy atom. The molecule has 0 aliphatic carbocycles. The summed E-state index contributed by atoms with van der Waals surface area (Å²) in [4.78, 5) is 30.3. The number of nitrogens with zero attached hydrogens (tertiary/aromatic N) is 2. The zero-order valence-corrected chi connectivity index (χ0v) is 18.9. The van der Waals surface area contributed by atoms with Crippen LogP contribution in [0.25, 0.3) is 10.9 Å². The Morgan fingerprint density at radius 2 is 1.62 bits per heavy atom. The smallest absolute Gasteiger partial charge is 0.262 e. The number of rotatable bonds is 7. The Hall–Kier alpha value is -3.38. The number of aromatic nitrogens is 2. The first-order valence-electron chi connectivity index (χ1n) is 10.6. The van der Waals surface area contributed by atoms with Crippen molar-refractivity contribution in [2.24, 2.45) is 0 Å². The second-order valence-corrected chi connectivity index (χ2v) is 8.84. The van der Waals surface area contributed by atoms with E-state index in [1.54, 1.807) is 28.5 Å². The summed E-state index contributed by atoms with van der Waals surface area (Å²) in [6.45, 7) is 4.25. The van der Waals surface area contributed by atoms with Crippen molar-refractivity contribution in [2.45, 2.75) is 37.3 Å². The van der Waals surface area contributed by atoms with Crippen molar-refractivity contribution < 1.29 is 4.79 Å². The first-order valence-corrected chi connectivity index (χ1v) is 11.6. The van der Waals surface area contributed by atoms with Crippen LogP contribution in [0.1, 0.15) is 35.3 Å². The van der Waals surface area contributed by atoms with Gasteiger partial charge in [0.2, 0.25) is 0 Å². The van der Waals surface area contributed by atoms with Gasteiger partial charge in [0.1, 0.15) is 0 Å². The van der Waals surface area contributed by atoms with E-state index in [0.29, 0.717) is 28.2 Å². The van der Waals surface area contributed by atoms with Gasteiger partial charge in [-0.1, -0.05) is 66.4 Å². The van der Waals surface area contributed by atoms with Crippen molar-refractivity contribution in [2.75, 3.05) is 0 Å². The molecule has 0 aliphatic heterocycles. The van der Waals surface area contributed by atoms with Gasteiger partial charge in [0.25, 0.3) is 11.5 Å². The van der Waals surface area contributed by atoms with Gasteiger partial charge in [-0.2, -0.15) is 0 Å². The molecule has 0 bridgehead atoms. The molecule has 0 saturated heterocycles. The molecule has 0 aliphatic rings. The molecule has 4 rings (SSSR count). The largest absolute Gasteiger partial charge is 0.350 e. The molecule has 6 heteroatoms. The molecule has 162 valence electrons. The highest BCUT2D eigenvalue weighted by Crippen LogP contribution is 2.23. The van der Waals surface area contributed by atoms with Gasteiger partial charge in [-0.3, -0.25) is 14.2 Å². The Balaban J connectivity index is 1.65. The van der Waals surface area contributed by atoms with E-state index in [9.17, 15) is 9.59 Å². The van der Waals surface area contributed by atoms with Crippen LogP contribution in [0.5, 0.6) is 0 Å². The van der Waals surface area contributed by atoms with Crippen LogP contribution in [-0.2, 0) is 12.3 Å². The number of amides is 1. The van der Waals surface area contributed by atoms with Crippen LogP contribution in [0, 0.1) is 0 Å². The van der Waals surface area contributed by atoms with Crippen LogP contribution in [0.15, 0.2) is 88.8 Å². The predicted molar refractivity (Wildman–Crippen MR) is 130 cm³/mol. The Bertz CT molecular complexity index is 1280. The first kappa shape index (κ1) is 21.8. The normalized spacial score (nSPS) is 11.1. The predicted octanol–water partition coefficient (Wildman–Crippen LogP) is 4.88. The van der Waals surface area contributed by atoms with Gasteiger partial charge >= 0.3 is 0 Å². The lowest BCUT2D eigenvalue weighted by Gasteiger charge is -2.14. The van der Waals surface area contributed by atoms with Gasteiger partial charge in [-0.05, 0) is 49.2 Å². The fourth-order valence-electron chi connectivity index (χ4n) is 3.41. The highest BCUT2D eigenvalue weighted by molar-refractivity contribution is 7.98. The maximum absolute atomic E-state index is 13.3. The van der Waals surface area contributed by atoms with Crippen LogP contribution in [-0.4, -0.2) is 21.5 Å². The Kier molecular flexibility index (Phi) is 6.71. The Labute approximate surface area is 191 Å². The number of hydrogen-bond donors (Lipinski definition) is 1. The van der Waals surface area contributed by atoms with E-state index in [4.69, 9.17) is 4.98 Å². The summed E-state index contributed by atoms with van der Waals surface area (Å²) in [6, 6.07) is 25.0. The van der Waals surface area contributed by atoms with Gasteiger partial charge in [0.15, 0.2) is 5.16 Å². The maximum Gasteiger partial charge on any atom is 0.262 e. The van der Waals surface area contributed by atoms with Crippen LogP contribution in [0.4, 0.5) is 0 Å². The average molecular weight is 444 g/mol. The molecular weight excluding hydrogens is 418 g/mol. The molecule has 4 aromatic rings. The van der Waals surface area contributed by atoms with Crippen molar-refractivity contribution in [3.8, 4) is 0 Å². The van der Waals surface area contributed by atoms with Gasteiger partial charge in [0, 0.05) is 17.4 Å². The number of carbonyl (C=O) groups is 1. The van der Waals surface area contributed by atoms with Crippen LogP contribution in [0.3, 0.4) is 0 Å². The lowest BCUT2D eigenvalue weighted by atomic mass is 10.1. The second-order valence-electron chi connectivity index (χ2n) is 7.90. The van der Waals surface area contributed by atoms with Gasteiger partial charge in [-0.15, -0.1) is 0 Å². The first-order chi connectivity index (χ1) is 15.5. The summed E-state index contributed by atoms with van der Waals surface area (Å²) in [5.41, 5.74) is 3.35. The summed E-state index contributed by atoms with van der Waals surface area (Å²) in [7, 11) is 0. The molecule has 0 atom stereocenters. The molecule has 0 radical (unpaired) electrons. The molecular formula is C26H25N3O2S. The zero-order valence-electron chi connectivity index (χ0n) is 18.1. The molecule has 32 heavy (non-hydrogen) atoms. The fraction of sp³-hybridized carbons (Fsp3) is 0.192. The van der Waals surface area contributed by atoms with Crippen molar-refractivity contribution in [1.29, 1.82) is 0 Å². The maximum atomic E-state index is 13.3. The van der Waals surface area contributed by atoms with Gasteiger partial charge in [0.05, 0.1) is 17.4 Å². The molecule has 1 heterocycles. The van der Waals surface area contributed by atoms with Gasteiger partial charge < -0.3 is 5.32 Å². The third-order valence-corrected chi connectivity index (χ3v) is 6.06. The zero-order chi connectivity index (χ0) is 22.5. The minimum Gasteiger partial charge on any atom is -0.350 e. The minimum atomic E-state index is -0.102. The second kappa shape index (κ2) is 9.83. The van der Waals surface area contributed by atoms with Gasteiger partial charge in [-0.25, -0.2) is 4.98 Å². The van der Waals surface area contributed by atoms with Crippen molar-refractivity contribution >= 4 is 28.6 Å². The van der Waals surface area contributed by atoms with E-state index in [0.717, 1.165) is 11.3 Å². The number of carbonyl (C=O) groups excluding carboxylic acids is 1. The van der Waals surface area contributed by atoms with E-state index in [2.05, 4.69) is 17.4 Å². The number of benzene rings is 3. The summed E-state index contributed by atoms with van der Waals surface area (Å²) in [5, 5.41) is 4.17. The molecule has 1 N–H and O–H groups in total. The van der Waals surface area contributed by atoms with Crippen LogP contribution in [0.2, 0.25) is 0 Å². The molecule has 0 unspecified atom stereocenters.